The van der Waals surface area contributed by atoms with E-state index in [1.165, 1.54) is 29.1 Å². The lowest BCUT2D eigenvalue weighted by Crippen LogP contribution is -2.28. The van der Waals surface area contributed by atoms with Gasteiger partial charge < -0.3 is 5.11 Å². The fraction of sp³-hybridized carbons (Fsp3) is 0.692. The van der Waals surface area contributed by atoms with Gasteiger partial charge in [-0.3, -0.25) is 4.90 Å². The second kappa shape index (κ2) is 5.80. The van der Waals surface area contributed by atoms with Gasteiger partial charge in [0.1, 0.15) is 0 Å². The van der Waals surface area contributed by atoms with Gasteiger partial charge in [-0.25, -0.2) is 0 Å². The third kappa shape index (κ3) is 3.06. The molecular weight excluding hydrogens is 218 g/mol. The zero-order chi connectivity index (χ0) is 11.4. The molecule has 1 unspecified atom stereocenters. The maximum atomic E-state index is 8.89. The van der Waals surface area contributed by atoms with Crippen LogP contribution in [0, 0.1) is 6.92 Å². The lowest BCUT2D eigenvalue weighted by atomic mass is 10.1. The minimum Gasteiger partial charge on any atom is -0.396 e. The Hall–Kier alpha value is -0.380. The van der Waals surface area contributed by atoms with Crippen molar-refractivity contribution >= 4 is 11.3 Å². The van der Waals surface area contributed by atoms with E-state index in [0.717, 1.165) is 19.4 Å². The largest absolute Gasteiger partial charge is 0.396 e. The molecule has 0 saturated carbocycles. The molecule has 90 valence electrons. The second-order valence-electron chi connectivity index (χ2n) is 4.64. The molecule has 1 aliphatic rings. The highest BCUT2D eigenvalue weighted by atomic mass is 32.1. The van der Waals surface area contributed by atoms with Crippen molar-refractivity contribution in [2.45, 2.75) is 45.2 Å². The van der Waals surface area contributed by atoms with Crippen LogP contribution in [0.25, 0.3) is 0 Å². The van der Waals surface area contributed by atoms with Crippen LogP contribution in [0.15, 0.2) is 12.1 Å². The molecule has 1 N–H and O–H groups in total. The number of aryl methyl sites for hydroxylation is 1. The van der Waals surface area contributed by atoms with Crippen molar-refractivity contribution in [2.24, 2.45) is 0 Å². The lowest BCUT2D eigenvalue weighted by Gasteiger charge is -2.23. The molecule has 0 radical (unpaired) electrons. The van der Waals surface area contributed by atoms with Crippen molar-refractivity contribution in [1.82, 2.24) is 4.90 Å². The number of thiophene rings is 1. The number of rotatable bonds is 5. The zero-order valence-corrected chi connectivity index (χ0v) is 10.8. The highest BCUT2D eigenvalue weighted by Gasteiger charge is 2.23. The van der Waals surface area contributed by atoms with Gasteiger partial charge >= 0.3 is 0 Å². The summed E-state index contributed by atoms with van der Waals surface area (Å²) in [6, 6.07) is 5.16. The summed E-state index contributed by atoms with van der Waals surface area (Å²) in [4.78, 5) is 5.47. The van der Waals surface area contributed by atoms with E-state index in [-0.39, 0.29) is 0 Å². The predicted octanol–water partition coefficient (Wildman–Crippen LogP) is 2.79. The van der Waals surface area contributed by atoms with Crippen molar-refractivity contribution in [3.8, 4) is 0 Å². The Bertz CT molecular complexity index is 323. The van der Waals surface area contributed by atoms with E-state index < -0.39 is 0 Å². The first-order chi connectivity index (χ1) is 7.79. The highest BCUT2D eigenvalue weighted by molar-refractivity contribution is 7.11. The first-order valence-corrected chi connectivity index (χ1v) is 7.01. The van der Waals surface area contributed by atoms with Gasteiger partial charge in [0.25, 0.3) is 0 Å². The van der Waals surface area contributed by atoms with Crippen LogP contribution in [0.3, 0.4) is 0 Å². The van der Waals surface area contributed by atoms with E-state index in [0.29, 0.717) is 12.6 Å². The summed E-state index contributed by atoms with van der Waals surface area (Å²) in [6.45, 7) is 4.84. The molecule has 0 spiro atoms. The molecule has 1 atom stereocenters. The SMILES string of the molecule is Cc1ccc(CN2CCCC2CCCO)s1. The number of nitrogens with zero attached hydrogens (tertiary/aromatic N) is 1. The minimum atomic E-state index is 0.336. The van der Waals surface area contributed by atoms with Crippen LogP contribution in [-0.4, -0.2) is 29.2 Å². The van der Waals surface area contributed by atoms with Gasteiger partial charge in [0.2, 0.25) is 0 Å². The molecular formula is C13H21NOS. The number of hydrogen-bond donors (Lipinski definition) is 1. The van der Waals surface area contributed by atoms with Crippen LogP contribution in [0.2, 0.25) is 0 Å². The molecule has 1 aliphatic heterocycles. The Morgan fingerprint density at radius 2 is 2.38 bits per heavy atom. The summed E-state index contributed by atoms with van der Waals surface area (Å²) in [5.74, 6) is 0. The first-order valence-electron chi connectivity index (χ1n) is 6.20. The topological polar surface area (TPSA) is 23.5 Å². The Morgan fingerprint density at radius 1 is 1.50 bits per heavy atom. The number of hydrogen-bond acceptors (Lipinski definition) is 3. The molecule has 1 aromatic heterocycles. The Balaban J connectivity index is 1.88. The van der Waals surface area contributed by atoms with E-state index in [1.807, 2.05) is 11.3 Å². The zero-order valence-electron chi connectivity index (χ0n) is 9.98. The van der Waals surface area contributed by atoms with Crippen LogP contribution in [-0.2, 0) is 6.54 Å². The Morgan fingerprint density at radius 3 is 3.06 bits per heavy atom. The molecule has 2 rings (SSSR count). The van der Waals surface area contributed by atoms with Gasteiger partial charge in [-0.05, 0) is 51.3 Å². The number of likely N-dealkylation sites (tertiary alicyclic amines) is 1. The lowest BCUT2D eigenvalue weighted by molar-refractivity contribution is 0.211. The van der Waals surface area contributed by atoms with Crippen molar-refractivity contribution in [3.05, 3.63) is 21.9 Å². The molecule has 0 aliphatic carbocycles. The van der Waals surface area contributed by atoms with Gasteiger partial charge in [0, 0.05) is 28.9 Å². The highest BCUT2D eigenvalue weighted by Crippen LogP contribution is 2.25. The Labute approximate surface area is 102 Å². The maximum Gasteiger partial charge on any atom is 0.0431 e. The monoisotopic (exact) mass is 239 g/mol. The molecule has 3 heteroatoms. The van der Waals surface area contributed by atoms with E-state index in [9.17, 15) is 0 Å². The second-order valence-corrected chi connectivity index (χ2v) is 6.02. The van der Waals surface area contributed by atoms with Crippen molar-refractivity contribution in [2.75, 3.05) is 13.2 Å². The third-order valence-electron chi connectivity index (χ3n) is 3.35. The van der Waals surface area contributed by atoms with Gasteiger partial charge in [-0.1, -0.05) is 0 Å². The van der Waals surface area contributed by atoms with Crippen molar-refractivity contribution in [3.63, 3.8) is 0 Å². The van der Waals surface area contributed by atoms with Gasteiger partial charge in [0.15, 0.2) is 0 Å². The first kappa shape index (κ1) is 12.1. The van der Waals surface area contributed by atoms with Gasteiger partial charge in [-0.2, -0.15) is 0 Å². The third-order valence-corrected chi connectivity index (χ3v) is 4.33. The fourth-order valence-electron chi connectivity index (χ4n) is 2.53. The van der Waals surface area contributed by atoms with E-state index in [1.54, 1.807) is 0 Å². The summed E-state index contributed by atoms with van der Waals surface area (Å²) in [7, 11) is 0. The van der Waals surface area contributed by atoms with Crippen molar-refractivity contribution < 1.29 is 5.11 Å². The van der Waals surface area contributed by atoms with Crippen LogP contribution in [0.5, 0.6) is 0 Å². The summed E-state index contributed by atoms with van der Waals surface area (Å²) >= 11 is 1.91. The summed E-state index contributed by atoms with van der Waals surface area (Å²) in [6.07, 6.45) is 4.73. The molecule has 1 saturated heterocycles. The molecule has 1 aromatic rings. The van der Waals surface area contributed by atoms with Crippen LogP contribution in [0.4, 0.5) is 0 Å². The predicted molar refractivity (Wildman–Crippen MR) is 68.8 cm³/mol. The summed E-state index contributed by atoms with van der Waals surface area (Å²) < 4.78 is 0. The average molecular weight is 239 g/mol. The average Bonchev–Trinajstić information content (AvgIpc) is 2.86. The molecule has 0 amide bonds. The number of aliphatic hydroxyl groups is 1. The standard InChI is InChI=1S/C13H21NOS/c1-11-6-7-13(16-11)10-14-8-2-4-12(14)5-3-9-15/h6-7,12,15H,2-5,8-10H2,1H3. The maximum absolute atomic E-state index is 8.89. The minimum absolute atomic E-state index is 0.336. The normalized spacial score (nSPS) is 21.8. The Kier molecular flexibility index (Phi) is 4.38. The molecule has 16 heavy (non-hydrogen) atoms. The van der Waals surface area contributed by atoms with Gasteiger partial charge in [0.05, 0.1) is 0 Å². The molecule has 1 fully saturated rings. The van der Waals surface area contributed by atoms with Crippen LogP contribution in [0.1, 0.15) is 35.4 Å². The van der Waals surface area contributed by atoms with E-state index >= 15 is 0 Å². The smallest absolute Gasteiger partial charge is 0.0431 e. The van der Waals surface area contributed by atoms with Crippen LogP contribution >= 0.6 is 11.3 Å². The summed E-state index contributed by atoms with van der Waals surface area (Å²) in [5, 5.41) is 8.89. The van der Waals surface area contributed by atoms with Crippen molar-refractivity contribution in [1.29, 1.82) is 0 Å². The molecule has 0 aromatic carbocycles. The van der Waals surface area contributed by atoms with E-state index in [2.05, 4.69) is 24.0 Å². The summed E-state index contributed by atoms with van der Waals surface area (Å²) in [5.41, 5.74) is 0. The number of aliphatic hydroxyl groups excluding tert-OH is 1. The quantitative estimate of drug-likeness (QED) is 0.854. The molecule has 2 heterocycles. The fourth-order valence-corrected chi connectivity index (χ4v) is 3.44. The van der Waals surface area contributed by atoms with Crippen LogP contribution < -0.4 is 0 Å². The van der Waals surface area contributed by atoms with E-state index in [4.69, 9.17) is 5.11 Å². The van der Waals surface area contributed by atoms with Gasteiger partial charge in [-0.15, -0.1) is 11.3 Å². The molecule has 2 nitrogen and oxygen atoms in total. The molecule has 0 bridgehead atoms.